The second-order valence-corrected chi connectivity index (χ2v) is 7.43. The average Bonchev–Trinajstić information content (AvgIpc) is 3.18. The number of carbonyl (C=O) groups is 1. The summed E-state index contributed by atoms with van der Waals surface area (Å²) in [7, 11) is 0. The Balaban J connectivity index is 1.37. The van der Waals surface area contributed by atoms with Gasteiger partial charge in [0.25, 0.3) is 0 Å². The van der Waals surface area contributed by atoms with Crippen LogP contribution in [0.3, 0.4) is 0 Å². The zero-order valence-corrected chi connectivity index (χ0v) is 14.7. The summed E-state index contributed by atoms with van der Waals surface area (Å²) >= 11 is 5.96. The van der Waals surface area contributed by atoms with E-state index in [9.17, 15) is 4.79 Å². The summed E-state index contributed by atoms with van der Waals surface area (Å²) < 4.78 is 0. The third kappa shape index (κ3) is 2.59. The van der Waals surface area contributed by atoms with Crippen LogP contribution in [0.25, 0.3) is 11.3 Å². The van der Waals surface area contributed by atoms with Crippen LogP contribution in [0.2, 0.25) is 5.02 Å². The Hall–Kier alpha value is -2.66. The van der Waals surface area contributed by atoms with Crippen LogP contribution in [0.5, 0.6) is 0 Å². The molecule has 1 aliphatic heterocycles. The SMILES string of the molecule is O=C1C(Cc2ccc(Cl)cc2)C2CC2N1c1cc(-c2cccnc2)[nH]n1. The largest absolute Gasteiger partial charge is 0.292 e. The van der Waals surface area contributed by atoms with E-state index < -0.39 is 0 Å². The summed E-state index contributed by atoms with van der Waals surface area (Å²) in [6.07, 6.45) is 5.33. The molecule has 6 heteroatoms. The normalized spacial score (nSPS) is 24.0. The first-order valence-electron chi connectivity index (χ1n) is 8.74. The molecule has 5 nitrogen and oxygen atoms in total. The van der Waals surface area contributed by atoms with E-state index in [-0.39, 0.29) is 17.9 Å². The van der Waals surface area contributed by atoms with E-state index in [4.69, 9.17) is 11.6 Å². The number of piperidine rings is 1. The number of nitrogens with zero attached hydrogens (tertiary/aromatic N) is 3. The lowest BCUT2D eigenvalue weighted by atomic mass is 9.95. The highest BCUT2D eigenvalue weighted by atomic mass is 35.5. The number of hydrogen-bond acceptors (Lipinski definition) is 3. The molecule has 1 saturated carbocycles. The van der Waals surface area contributed by atoms with Gasteiger partial charge in [-0.1, -0.05) is 23.7 Å². The first kappa shape index (κ1) is 15.6. The summed E-state index contributed by atoms with van der Waals surface area (Å²) in [5.41, 5.74) is 2.99. The maximum atomic E-state index is 13.0. The van der Waals surface area contributed by atoms with Crippen molar-refractivity contribution >= 4 is 23.3 Å². The molecule has 0 radical (unpaired) electrons. The number of aromatic nitrogens is 3. The summed E-state index contributed by atoms with van der Waals surface area (Å²) in [5, 5.41) is 8.14. The van der Waals surface area contributed by atoms with Crippen LogP contribution >= 0.6 is 11.6 Å². The number of fused-ring (bicyclic) bond motifs is 1. The van der Waals surface area contributed by atoms with Crippen molar-refractivity contribution in [2.75, 3.05) is 4.90 Å². The Labute approximate surface area is 156 Å². The number of nitrogens with one attached hydrogen (secondary N) is 1. The van der Waals surface area contributed by atoms with Gasteiger partial charge in [0.05, 0.1) is 5.69 Å². The van der Waals surface area contributed by atoms with Crippen molar-refractivity contribution in [3.63, 3.8) is 0 Å². The first-order valence-corrected chi connectivity index (χ1v) is 9.12. The van der Waals surface area contributed by atoms with Gasteiger partial charge in [-0.3, -0.25) is 19.8 Å². The maximum Gasteiger partial charge on any atom is 0.232 e. The molecule has 1 saturated heterocycles. The van der Waals surface area contributed by atoms with Crippen molar-refractivity contribution in [2.45, 2.75) is 18.9 Å². The highest BCUT2D eigenvalue weighted by Crippen LogP contribution is 2.51. The van der Waals surface area contributed by atoms with Gasteiger partial charge in [0, 0.05) is 41.0 Å². The Morgan fingerprint density at radius 2 is 2.08 bits per heavy atom. The fourth-order valence-corrected chi connectivity index (χ4v) is 4.08. The summed E-state index contributed by atoms with van der Waals surface area (Å²) in [4.78, 5) is 19.0. The van der Waals surface area contributed by atoms with Gasteiger partial charge in [-0.05, 0) is 48.6 Å². The van der Waals surface area contributed by atoms with Crippen molar-refractivity contribution in [3.8, 4) is 11.3 Å². The molecule has 0 bridgehead atoms. The van der Waals surface area contributed by atoms with Crippen LogP contribution in [0.15, 0.2) is 54.9 Å². The molecule has 130 valence electrons. The first-order chi connectivity index (χ1) is 12.7. The van der Waals surface area contributed by atoms with E-state index in [1.807, 2.05) is 47.4 Å². The van der Waals surface area contributed by atoms with Crippen LogP contribution in [-0.2, 0) is 11.2 Å². The van der Waals surface area contributed by atoms with Crippen LogP contribution < -0.4 is 4.90 Å². The van der Waals surface area contributed by atoms with Crippen molar-refractivity contribution in [2.24, 2.45) is 11.8 Å². The van der Waals surface area contributed by atoms with Gasteiger partial charge in [-0.25, -0.2) is 0 Å². The number of halogens is 1. The second-order valence-electron chi connectivity index (χ2n) is 6.99. The monoisotopic (exact) mass is 364 g/mol. The standard InChI is InChI=1S/C20H17ClN4O/c21-14-5-3-12(4-6-14)8-16-15-9-18(15)25(20(16)26)19-10-17(23-24-19)13-2-1-7-22-11-13/h1-7,10-11,15-16,18H,8-9H2,(H,23,24). The van der Waals surface area contributed by atoms with E-state index in [0.29, 0.717) is 11.7 Å². The van der Waals surface area contributed by atoms with Crippen molar-refractivity contribution in [1.29, 1.82) is 0 Å². The molecule has 2 aliphatic rings. The number of benzene rings is 1. The predicted molar refractivity (Wildman–Crippen MR) is 99.8 cm³/mol. The molecule has 3 unspecified atom stereocenters. The highest BCUT2D eigenvalue weighted by Gasteiger charge is 2.59. The average molecular weight is 365 g/mol. The Bertz CT molecular complexity index is 953. The molecule has 3 heterocycles. The molecule has 1 aromatic carbocycles. The number of amides is 1. The minimum atomic E-state index is 0.0275. The molecule has 3 atom stereocenters. The molecule has 0 spiro atoms. The van der Waals surface area contributed by atoms with Crippen LogP contribution in [0.1, 0.15) is 12.0 Å². The number of pyridine rings is 1. The van der Waals surface area contributed by atoms with Gasteiger partial charge in [-0.2, -0.15) is 5.10 Å². The quantitative estimate of drug-likeness (QED) is 0.767. The molecule has 1 amide bonds. The van der Waals surface area contributed by atoms with E-state index in [2.05, 4.69) is 15.2 Å². The van der Waals surface area contributed by atoms with Crippen molar-refractivity contribution in [1.82, 2.24) is 15.2 Å². The summed E-state index contributed by atoms with van der Waals surface area (Å²) in [5.74, 6) is 1.34. The molecule has 3 aromatic rings. The third-order valence-electron chi connectivity index (χ3n) is 5.36. The number of H-pyrrole nitrogens is 1. The lowest BCUT2D eigenvalue weighted by molar-refractivity contribution is -0.121. The van der Waals surface area contributed by atoms with Gasteiger partial charge in [0.2, 0.25) is 5.91 Å². The highest BCUT2D eigenvalue weighted by molar-refractivity contribution is 6.30. The zero-order chi connectivity index (χ0) is 17.7. The Morgan fingerprint density at radius 3 is 2.85 bits per heavy atom. The van der Waals surface area contributed by atoms with Gasteiger partial charge < -0.3 is 0 Å². The smallest absolute Gasteiger partial charge is 0.232 e. The maximum absolute atomic E-state index is 13.0. The molecule has 2 aromatic heterocycles. The Morgan fingerprint density at radius 1 is 1.23 bits per heavy atom. The van der Waals surface area contributed by atoms with Gasteiger partial charge in [-0.15, -0.1) is 0 Å². The summed E-state index contributed by atoms with van der Waals surface area (Å²) in [6.45, 7) is 0. The molecular formula is C20H17ClN4O. The number of rotatable bonds is 4. The molecular weight excluding hydrogens is 348 g/mol. The van der Waals surface area contributed by atoms with Crippen molar-refractivity contribution in [3.05, 3.63) is 65.4 Å². The van der Waals surface area contributed by atoms with Crippen LogP contribution in [-0.4, -0.2) is 27.1 Å². The predicted octanol–water partition coefficient (Wildman–Crippen LogP) is 3.72. The minimum absolute atomic E-state index is 0.0275. The third-order valence-corrected chi connectivity index (χ3v) is 5.61. The Kier molecular flexibility index (Phi) is 3.57. The molecule has 5 rings (SSSR count). The van der Waals surface area contributed by atoms with E-state index in [1.54, 1.807) is 12.4 Å². The topological polar surface area (TPSA) is 61.9 Å². The molecule has 26 heavy (non-hydrogen) atoms. The van der Waals surface area contributed by atoms with Crippen LogP contribution in [0.4, 0.5) is 5.82 Å². The lowest BCUT2D eigenvalue weighted by Crippen LogP contribution is -2.32. The molecule has 1 N–H and O–H groups in total. The van der Waals surface area contributed by atoms with Gasteiger partial charge in [0.1, 0.15) is 0 Å². The molecule has 1 aliphatic carbocycles. The fourth-order valence-electron chi connectivity index (χ4n) is 3.96. The van der Waals surface area contributed by atoms with E-state index in [1.165, 1.54) is 0 Å². The molecule has 2 fully saturated rings. The number of anilines is 1. The van der Waals surface area contributed by atoms with Gasteiger partial charge in [0.15, 0.2) is 5.82 Å². The summed E-state index contributed by atoms with van der Waals surface area (Å²) in [6, 6.07) is 13.9. The number of hydrogen-bond donors (Lipinski definition) is 1. The lowest BCUT2D eigenvalue weighted by Gasteiger charge is -2.18. The zero-order valence-electron chi connectivity index (χ0n) is 14.0. The second kappa shape index (κ2) is 5.95. The van der Waals surface area contributed by atoms with E-state index in [0.717, 1.165) is 34.7 Å². The van der Waals surface area contributed by atoms with Crippen LogP contribution in [0, 0.1) is 11.8 Å². The fraction of sp³-hybridized carbons (Fsp3) is 0.250. The number of carbonyl (C=O) groups excluding carboxylic acids is 1. The minimum Gasteiger partial charge on any atom is -0.292 e. The van der Waals surface area contributed by atoms with Gasteiger partial charge >= 0.3 is 0 Å². The van der Waals surface area contributed by atoms with Crippen molar-refractivity contribution < 1.29 is 4.79 Å². The number of aromatic amines is 1. The van der Waals surface area contributed by atoms with E-state index >= 15 is 0 Å².